The second-order valence-electron chi connectivity index (χ2n) is 8.56. The van der Waals surface area contributed by atoms with Crippen molar-refractivity contribution in [1.29, 1.82) is 0 Å². The van der Waals surface area contributed by atoms with Crippen LogP contribution in [0.2, 0.25) is 0 Å². The molecule has 2 heterocycles. The van der Waals surface area contributed by atoms with Crippen molar-refractivity contribution in [2.75, 3.05) is 6.61 Å². The quantitative estimate of drug-likeness (QED) is 0.215. The van der Waals surface area contributed by atoms with Crippen LogP contribution < -0.4 is 5.32 Å². The molecule has 2 aromatic rings. The van der Waals surface area contributed by atoms with Gasteiger partial charge in [-0.1, -0.05) is 36.4 Å². The number of benzene rings is 1. The molecule has 0 saturated carbocycles. The molecule has 1 fully saturated rings. The van der Waals surface area contributed by atoms with E-state index in [2.05, 4.69) is 11.9 Å². The van der Waals surface area contributed by atoms with E-state index in [1.165, 1.54) is 32.4 Å². The maximum Gasteiger partial charge on any atom is 0.303 e. The summed E-state index contributed by atoms with van der Waals surface area (Å²) in [5, 5.41) is 7.43. The number of amides is 1. The fourth-order valence-corrected chi connectivity index (χ4v) is 4.50. The van der Waals surface area contributed by atoms with Crippen LogP contribution in [-0.4, -0.2) is 69.1 Å². The minimum absolute atomic E-state index is 0.225. The lowest BCUT2D eigenvalue weighted by molar-refractivity contribution is -0.239. The van der Waals surface area contributed by atoms with Crippen LogP contribution in [0.1, 0.15) is 33.9 Å². The second kappa shape index (κ2) is 12.6. The van der Waals surface area contributed by atoms with E-state index >= 15 is 0 Å². The number of ether oxygens (including phenoxy) is 4. The normalized spacial score (nSPS) is 22.7. The number of aromatic nitrogens is 3. The van der Waals surface area contributed by atoms with Crippen molar-refractivity contribution in [1.82, 2.24) is 19.7 Å². The van der Waals surface area contributed by atoms with Gasteiger partial charge in [0.1, 0.15) is 18.8 Å². The van der Waals surface area contributed by atoms with Gasteiger partial charge in [-0.25, -0.2) is 4.68 Å². The third-order valence-electron chi connectivity index (χ3n) is 5.56. The number of carbonyl (C=O) groups is 4. The highest BCUT2D eigenvalue weighted by atomic mass is 32.1. The molecule has 1 aliphatic rings. The lowest BCUT2D eigenvalue weighted by atomic mass is 9.95. The molecule has 0 radical (unpaired) electrons. The first-order valence-corrected chi connectivity index (χ1v) is 12.2. The second-order valence-corrected chi connectivity index (χ2v) is 8.92. The van der Waals surface area contributed by atoms with E-state index in [4.69, 9.17) is 36.3 Å². The van der Waals surface area contributed by atoms with E-state index in [9.17, 15) is 19.2 Å². The van der Waals surface area contributed by atoms with Crippen LogP contribution in [0.5, 0.6) is 0 Å². The van der Waals surface area contributed by atoms with Crippen molar-refractivity contribution in [2.24, 2.45) is 0 Å². The molecule has 1 N–H and O–H groups in total. The first-order valence-electron chi connectivity index (χ1n) is 11.8. The molecule has 0 spiro atoms. The standard InChI is InChI=1S/C25H30N4O8S/c1-6-12-28-23(18-10-8-7-9-11-18)27-29(25(28)38)24-20(26-14(2)30)22(36-17(5)33)21(35-16(4)32)19(37-24)13-34-15(3)31/h6-11,19-22,24H,1,12-13H2,2-5H3,(H,26,30)/t19-,20-,21-,22-,24-/m1/s1. The van der Waals surface area contributed by atoms with Gasteiger partial charge in [-0.05, 0) is 12.2 Å². The van der Waals surface area contributed by atoms with Gasteiger partial charge in [-0.15, -0.1) is 11.7 Å². The first kappa shape index (κ1) is 28.7. The molecule has 1 aliphatic heterocycles. The summed E-state index contributed by atoms with van der Waals surface area (Å²) in [5.74, 6) is -1.95. The molecule has 1 aromatic heterocycles. The fraction of sp³-hybridized carbons (Fsp3) is 0.440. The van der Waals surface area contributed by atoms with Gasteiger partial charge in [-0.2, -0.15) is 0 Å². The van der Waals surface area contributed by atoms with Crippen molar-refractivity contribution in [3.05, 3.63) is 47.8 Å². The number of hydrogen-bond donors (Lipinski definition) is 1. The Morgan fingerprint density at radius 1 is 1.05 bits per heavy atom. The third kappa shape index (κ3) is 6.72. The first-order chi connectivity index (χ1) is 18.0. The van der Waals surface area contributed by atoms with Crippen LogP contribution >= 0.6 is 12.2 Å². The van der Waals surface area contributed by atoms with Crippen LogP contribution in [0.15, 0.2) is 43.0 Å². The van der Waals surface area contributed by atoms with Crippen LogP contribution in [0, 0.1) is 4.77 Å². The Bertz CT molecular complexity index is 1260. The molecule has 1 saturated heterocycles. The molecular formula is C25H30N4O8S. The average molecular weight is 547 g/mol. The highest BCUT2D eigenvalue weighted by Crippen LogP contribution is 2.34. The minimum atomic E-state index is -1.23. The van der Waals surface area contributed by atoms with Gasteiger partial charge in [0.25, 0.3) is 0 Å². The molecule has 5 atom stereocenters. The summed E-state index contributed by atoms with van der Waals surface area (Å²) in [6.45, 7) is 8.63. The van der Waals surface area contributed by atoms with Gasteiger partial charge in [0, 0.05) is 39.8 Å². The minimum Gasteiger partial charge on any atom is -0.463 e. The maximum atomic E-state index is 12.3. The molecule has 1 aromatic carbocycles. The summed E-state index contributed by atoms with van der Waals surface area (Å²) < 4.78 is 25.8. The Kier molecular flexibility index (Phi) is 9.53. The highest BCUT2D eigenvalue weighted by Gasteiger charge is 2.52. The Balaban J connectivity index is 2.20. The van der Waals surface area contributed by atoms with Crippen LogP contribution in [0.25, 0.3) is 11.4 Å². The zero-order valence-corrected chi connectivity index (χ0v) is 22.3. The Morgan fingerprint density at radius 2 is 1.68 bits per heavy atom. The number of nitrogens with zero attached hydrogens (tertiary/aromatic N) is 3. The molecule has 204 valence electrons. The highest BCUT2D eigenvalue weighted by molar-refractivity contribution is 7.71. The third-order valence-corrected chi connectivity index (χ3v) is 5.97. The van der Waals surface area contributed by atoms with Gasteiger partial charge < -0.3 is 24.3 Å². The number of esters is 3. The van der Waals surface area contributed by atoms with E-state index in [0.29, 0.717) is 12.4 Å². The lowest BCUT2D eigenvalue weighted by Gasteiger charge is -2.45. The average Bonchev–Trinajstić information content (AvgIpc) is 3.16. The van der Waals surface area contributed by atoms with Gasteiger partial charge >= 0.3 is 17.9 Å². The van der Waals surface area contributed by atoms with Crippen LogP contribution in [0.4, 0.5) is 0 Å². The smallest absolute Gasteiger partial charge is 0.303 e. The molecule has 3 rings (SSSR count). The predicted octanol–water partition coefficient (Wildman–Crippen LogP) is 2.10. The summed E-state index contributed by atoms with van der Waals surface area (Å²) in [6, 6.07) is 8.19. The molecule has 0 bridgehead atoms. The number of hydrogen-bond acceptors (Lipinski definition) is 10. The van der Waals surface area contributed by atoms with Crippen molar-refractivity contribution in [2.45, 2.75) is 64.8 Å². The summed E-state index contributed by atoms with van der Waals surface area (Å²) in [6.07, 6.45) is -3.03. The monoisotopic (exact) mass is 546 g/mol. The Labute approximate surface area is 224 Å². The van der Waals surface area contributed by atoms with E-state index in [1.54, 1.807) is 10.6 Å². The van der Waals surface area contributed by atoms with Crippen LogP contribution in [0.3, 0.4) is 0 Å². The van der Waals surface area contributed by atoms with Gasteiger partial charge in [-0.3, -0.25) is 23.7 Å². The summed E-state index contributed by atoms with van der Waals surface area (Å²) in [7, 11) is 0. The lowest BCUT2D eigenvalue weighted by Crippen LogP contribution is -2.64. The van der Waals surface area contributed by atoms with Crippen molar-refractivity contribution >= 4 is 36.0 Å². The van der Waals surface area contributed by atoms with Crippen molar-refractivity contribution < 1.29 is 38.1 Å². The van der Waals surface area contributed by atoms with Crippen LogP contribution in [-0.2, 0) is 44.7 Å². The summed E-state index contributed by atoms with van der Waals surface area (Å²) in [4.78, 5) is 48.0. The number of carbonyl (C=O) groups excluding carboxylic acids is 4. The van der Waals surface area contributed by atoms with Gasteiger partial charge in [0.15, 0.2) is 24.3 Å². The van der Waals surface area contributed by atoms with E-state index < -0.39 is 54.4 Å². The molecule has 0 unspecified atom stereocenters. The van der Waals surface area contributed by atoms with Gasteiger partial charge in [0.05, 0.1) is 0 Å². The zero-order chi connectivity index (χ0) is 28.0. The van der Waals surface area contributed by atoms with Gasteiger partial charge in [0.2, 0.25) is 10.7 Å². The molecule has 13 heteroatoms. The number of rotatable bonds is 9. The topological polar surface area (TPSA) is 140 Å². The number of nitrogens with one attached hydrogen (secondary N) is 1. The Morgan fingerprint density at radius 3 is 2.24 bits per heavy atom. The molecule has 1 amide bonds. The van der Waals surface area contributed by atoms with Crippen molar-refractivity contribution in [3.8, 4) is 11.4 Å². The summed E-state index contributed by atoms with van der Waals surface area (Å²) >= 11 is 5.74. The molecule has 12 nitrogen and oxygen atoms in total. The van der Waals surface area contributed by atoms with E-state index in [-0.39, 0.29) is 11.4 Å². The predicted molar refractivity (Wildman–Crippen MR) is 136 cm³/mol. The zero-order valence-electron chi connectivity index (χ0n) is 21.5. The van der Waals surface area contributed by atoms with E-state index in [0.717, 1.165) is 5.56 Å². The molecule has 0 aliphatic carbocycles. The fourth-order valence-electron chi connectivity index (χ4n) is 4.19. The summed E-state index contributed by atoms with van der Waals surface area (Å²) in [5.41, 5.74) is 0.761. The maximum absolute atomic E-state index is 12.3. The number of allylic oxidation sites excluding steroid dienone is 1. The SMILES string of the molecule is C=CCn1c(-c2ccccc2)nn([C@@H]2O[C@H](COC(C)=O)[C@@H](OC(C)=O)[C@H](OC(C)=O)[C@H]2NC(C)=O)c1=S. The van der Waals surface area contributed by atoms with E-state index in [1.807, 2.05) is 30.3 Å². The van der Waals surface area contributed by atoms with Crippen molar-refractivity contribution in [3.63, 3.8) is 0 Å². The largest absolute Gasteiger partial charge is 0.463 e. The Hall–Kier alpha value is -3.84. The molecule has 38 heavy (non-hydrogen) atoms. The molecular weight excluding hydrogens is 516 g/mol.